The van der Waals surface area contributed by atoms with Crippen LogP contribution in [0.2, 0.25) is 0 Å². The zero-order chi connectivity index (χ0) is 21.7. The van der Waals surface area contributed by atoms with E-state index in [1.54, 1.807) is 62.5 Å². The quantitative estimate of drug-likeness (QED) is 0.651. The highest BCUT2D eigenvalue weighted by molar-refractivity contribution is 6.06. The highest BCUT2D eigenvalue weighted by atomic mass is 16.2. The highest BCUT2D eigenvalue weighted by Gasteiger charge is 2.21. The van der Waals surface area contributed by atoms with Crippen LogP contribution in [-0.4, -0.2) is 16.8 Å². The van der Waals surface area contributed by atoms with Crippen LogP contribution >= 0.6 is 0 Å². The summed E-state index contributed by atoms with van der Waals surface area (Å²) in [6.45, 7) is 5.49. The van der Waals surface area contributed by atoms with Crippen LogP contribution in [-0.2, 0) is 5.41 Å². The summed E-state index contributed by atoms with van der Waals surface area (Å²) in [6.07, 6.45) is 3.09. The number of nitrogens with zero attached hydrogens (tertiary/aromatic N) is 2. The maximum absolute atomic E-state index is 12.7. The van der Waals surface area contributed by atoms with Gasteiger partial charge >= 0.3 is 0 Å². The van der Waals surface area contributed by atoms with Crippen molar-refractivity contribution in [2.24, 2.45) is 0 Å². The Hall–Kier alpha value is -3.98. The number of nitriles is 1. The molecule has 0 unspecified atom stereocenters. The van der Waals surface area contributed by atoms with Crippen LogP contribution in [0.25, 0.3) is 0 Å². The minimum absolute atomic E-state index is 0.277. The molecule has 1 heterocycles. The Bertz CT molecular complexity index is 1130. The molecule has 6 nitrogen and oxygen atoms in total. The number of carbonyl (C=O) groups excluding carboxylic acids is 2. The van der Waals surface area contributed by atoms with Crippen LogP contribution < -0.4 is 10.6 Å². The Labute approximate surface area is 175 Å². The average Bonchev–Trinajstić information content (AvgIpc) is 2.76. The molecule has 2 N–H and O–H groups in total. The minimum atomic E-state index is -0.691. The second-order valence-electron chi connectivity index (χ2n) is 7.50. The molecule has 3 aromatic rings. The fourth-order valence-electron chi connectivity index (χ4n) is 2.84. The molecule has 0 spiro atoms. The smallest absolute Gasteiger partial charge is 0.257 e. The molecule has 30 heavy (non-hydrogen) atoms. The van der Waals surface area contributed by atoms with Crippen molar-refractivity contribution in [3.63, 3.8) is 0 Å². The lowest BCUT2D eigenvalue weighted by molar-refractivity contribution is 0.101. The van der Waals surface area contributed by atoms with Crippen molar-refractivity contribution in [1.82, 2.24) is 4.98 Å². The molecule has 0 atom stereocenters. The van der Waals surface area contributed by atoms with Gasteiger partial charge in [0.25, 0.3) is 11.8 Å². The van der Waals surface area contributed by atoms with Gasteiger partial charge in [-0.2, -0.15) is 5.26 Å². The fraction of sp³-hybridized carbons (Fsp3) is 0.167. The summed E-state index contributed by atoms with van der Waals surface area (Å²) in [5, 5.41) is 15.0. The highest BCUT2D eigenvalue weighted by Crippen LogP contribution is 2.24. The van der Waals surface area contributed by atoms with E-state index < -0.39 is 5.41 Å². The number of hydrogen-bond donors (Lipinski definition) is 2. The average molecular weight is 398 g/mol. The van der Waals surface area contributed by atoms with Crippen molar-refractivity contribution < 1.29 is 9.59 Å². The van der Waals surface area contributed by atoms with Gasteiger partial charge in [0.15, 0.2) is 0 Å². The molecule has 6 heteroatoms. The molecule has 2 amide bonds. The van der Waals surface area contributed by atoms with Crippen LogP contribution in [0.4, 0.5) is 11.4 Å². The van der Waals surface area contributed by atoms with E-state index in [-0.39, 0.29) is 11.8 Å². The van der Waals surface area contributed by atoms with Gasteiger partial charge in [0.05, 0.1) is 17.0 Å². The van der Waals surface area contributed by atoms with Gasteiger partial charge in [-0.25, -0.2) is 0 Å². The predicted molar refractivity (Wildman–Crippen MR) is 116 cm³/mol. The summed E-state index contributed by atoms with van der Waals surface area (Å²) in [5.74, 6) is -0.569. The molecule has 0 radical (unpaired) electrons. The molecule has 150 valence electrons. The molecule has 1 aromatic heterocycles. The lowest BCUT2D eigenvalue weighted by Gasteiger charge is -2.17. The number of pyridine rings is 1. The van der Waals surface area contributed by atoms with Crippen molar-refractivity contribution in [2.45, 2.75) is 26.2 Å². The second kappa shape index (κ2) is 8.58. The number of hydrogen-bond acceptors (Lipinski definition) is 4. The molecule has 0 saturated heterocycles. The molecule has 3 rings (SSSR count). The summed E-state index contributed by atoms with van der Waals surface area (Å²) in [5.41, 5.74) is 3.00. The van der Waals surface area contributed by atoms with Crippen molar-refractivity contribution in [3.8, 4) is 6.07 Å². The molecular formula is C24H22N4O2. The van der Waals surface area contributed by atoms with Gasteiger partial charge < -0.3 is 10.6 Å². The van der Waals surface area contributed by atoms with Gasteiger partial charge in [-0.15, -0.1) is 0 Å². The van der Waals surface area contributed by atoms with Crippen molar-refractivity contribution >= 4 is 23.2 Å². The van der Waals surface area contributed by atoms with E-state index in [9.17, 15) is 14.9 Å². The Balaban J connectivity index is 1.79. The van der Waals surface area contributed by atoms with E-state index >= 15 is 0 Å². The summed E-state index contributed by atoms with van der Waals surface area (Å²) < 4.78 is 0. The molecule has 0 aliphatic heterocycles. The lowest BCUT2D eigenvalue weighted by Crippen LogP contribution is -2.17. The summed E-state index contributed by atoms with van der Waals surface area (Å²) in [7, 11) is 0. The van der Waals surface area contributed by atoms with Gasteiger partial charge in [0.2, 0.25) is 0 Å². The van der Waals surface area contributed by atoms with Gasteiger partial charge in [-0.3, -0.25) is 14.6 Å². The van der Waals surface area contributed by atoms with Gasteiger partial charge in [-0.1, -0.05) is 18.2 Å². The number of aromatic nitrogens is 1. The SMILES string of the molecule is Cc1ccc(NC(=O)c2cccc(C(C)(C)C#N)c2)cc1NC(=O)c1cccnc1. The number of nitrogens with one attached hydrogen (secondary N) is 2. The first-order valence-electron chi connectivity index (χ1n) is 9.45. The lowest BCUT2D eigenvalue weighted by atomic mass is 9.85. The Morgan fingerprint density at radius 3 is 2.40 bits per heavy atom. The van der Waals surface area contributed by atoms with E-state index in [1.807, 2.05) is 19.1 Å². The first kappa shape index (κ1) is 20.7. The standard InChI is InChI=1S/C24H22N4O2/c1-16-9-10-20(13-21(16)28-23(30)18-7-5-11-26-14-18)27-22(29)17-6-4-8-19(12-17)24(2,3)15-25/h4-14H,1-3H3,(H,27,29)(H,28,30). The zero-order valence-corrected chi connectivity index (χ0v) is 17.1. The van der Waals surface area contributed by atoms with Crippen LogP contribution in [0.15, 0.2) is 67.0 Å². The molecule has 0 aliphatic carbocycles. The predicted octanol–water partition coefficient (Wildman–Crippen LogP) is 4.70. The number of aryl methyl sites for hydroxylation is 1. The first-order chi connectivity index (χ1) is 14.3. The van der Waals surface area contributed by atoms with Crippen LogP contribution in [0.1, 0.15) is 45.7 Å². The number of carbonyl (C=O) groups is 2. The zero-order valence-electron chi connectivity index (χ0n) is 17.1. The Kier molecular flexibility index (Phi) is 5.93. The summed E-state index contributed by atoms with van der Waals surface area (Å²) >= 11 is 0. The number of anilines is 2. The van der Waals surface area contributed by atoms with Gasteiger partial charge in [0, 0.05) is 29.3 Å². The maximum Gasteiger partial charge on any atom is 0.257 e. The number of benzene rings is 2. The van der Waals surface area contributed by atoms with Crippen molar-refractivity contribution in [3.05, 3.63) is 89.2 Å². The van der Waals surface area contributed by atoms with Crippen LogP contribution in [0.3, 0.4) is 0 Å². The van der Waals surface area contributed by atoms with Crippen LogP contribution in [0, 0.1) is 18.3 Å². The first-order valence-corrected chi connectivity index (χ1v) is 9.45. The molecular weight excluding hydrogens is 376 g/mol. The normalized spacial score (nSPS) is 10.7. The van der Waals surface area contributed by atoms with Gasteiger partial charge in [-0.05, 0) is 68.3 Å². The maximum atomic E-state index is 12.7. The number of rotatable bonds is 5. The molecule has 0 aliphatic rings. The molecule has 2 aromatic carbocycles. The topological polar surface area (TPSA) is 94.9 Å². The summed E-state index contributed by atoms with van der Waals surface area (Å²) in [6, 6.07) is 17.9. The Morgan fingerprint density at radius 2 is 1.70 bits per heavy atom. The third-order valence-electron chi connectivity index (χ3n) is 4.79. The van der Waals surface area contributed by atoms with E-state index in [0.29, 0.717) is 22.5 Å². The molecule has 0 bridgehead atoms. The van der Waals surface area contributed by atoms with E-state index in [1.165, 1.54) is 6.20 Å². The molecule has 0 saturated carbocycles. The summed E-state index contributed by atoms with van der Waals surface area (Å²) in [4.78, 5) is 29.1. The minimum Gasteiger partial charge on any atom is -0.322 e. The third-order valence-corrected chi connectivity index (χ3v) is 4.79. The van der Waals surface area contributed by atoms with Gasteiger partial charge in [0.1, 0.15) is 0 Å². The van der Waals surface area contributed by atoms with E-state index in [4.69, 9.17) is 0 Å². The Morgan fingerprint density at radius 1 is 0.967 bits per heavy atom. The van der Waals surface area contributed by atoms with Crippen molar-refractivity contribution in [1.29, 1.82) is 5.26 Å². The second-order valence-corrected chi connectivity index (χ2v) is 7.50. The van der Waals surface area contributed by atoms with E-state index in [2.05, 4.69) is 21.7 Å². The largest absolute Gasteiger partial charge is 0.322 e. The monoisotopic (exact) mass is 398 g/mol. The van der Waals surface area contributed by atoms with Crippen LogP contribution in [0.5, 0.6) is 0 Å². The van der Waals surface area contributed by atoms with E-state index in [0.717, 1.165) is 11.1 Å². The number of amides is 2. The third kappa shape index (κ3) is 4.70. The van der Waals surface area contributed by atoms with Crippen molar-refractivity contribution in [2.75, 3.05) is 10.6 Å². The molecule has 0 fully saturated rings. The fourth-order valence-corrected chi connectivity index (χ4v) is 2.84.